The Bertz CT molecular complexity index is 223. The molecular weight excluding hydrogens is 180 g/mol. The Balaban J connectivity index is 2.67. The van der Waals surface area contributed by atoms with E-state index in [1.165, 1.54) is 0 Å². The van der Waals surface area contributed by atoms with Crippen LogP contribution in [-0.2, 0) is 9.53 Å². The molecule has 1 aliphatic rings. The average Bonchev–Trinajstić information content (AvgIpc) is 2.48. The average molecular weight is 200 g/mol. The zero-order valence-electron chi connectivity index (χ0n) is 9.41. The normalized spacial score (nSPS) is 33.3. The van der Waals surface area contributed by atoms with Crippen molar-refractivity contribution < 1.29 is 14.6 Å². The standard InChI is InChI=1S/C11H20O3/c1-5-11(3,4)9-6-8(10(12)13)7(2)14-9/h7-9H,5-6H2,1-4H3,(H,12,13). The van der Waals surface area contributed by atoms with Crippen molar-refractivity contribution in [1.82, 2.24) is 0 Å². The molecule has 0 radical (unpaired) electrons. The lowest BCUT2D eigenvalue weighted by molar-refractivity contribution is -0.143. The first-order valence-electron chi connectivity index (χ1n) is 5.26. The van der Waals surface area contributed by atoms with Crippen molar-refractivity contribution in [1.29, 1.82) is 0 Å². The van der Waals surface area contributed by atoms with Gasteiger partial charge < -0.3 is 9.84 Å². The highest BCUT2D eigenvalue weighted by Crippen LogP contribution is 2.38. The summed E-state index contributed by atoms with van der Waals surface area (Å²) in [5.41, 5.74) is 0.0818. The summed E-state index contributed by atoms with van der Waals surface area (Å²) < 4.78 is 5.71. The minimum Gasteiger partial charge on any atom is -0.481 e. The summed E-state index contributed by atoms with van der Waals surface area (Å²) >= 11 is 0. The van der Waals surface area contributed by atoms with Gasteiger partial charge in [0.1, 0.15) is 0 Å². The Hall–Kier alpha value is -0.570. The van der Waals surface area contributed by atoms with Crippen molar-refractivity contribution in [2.24, 2.45) is 11.3 Å². The predicted octanol–water partition coefficient (Wildman–Crippen LogP) is 2.30. The van der Waals surface area contributed by atoms with Crippen LogP contribution in [0.2, 0.25) is 0 Å². The molecule has 3 nitrogen and oxygen atoms in total. The number of rotatable bonds is 3. The summed E-state index contributed by atoms with van der Waals surface area (Å²) in [7, 11) is 0. The Kier molecular flexibility index (Phi) is 3.20. The molecule has 1 fully saturated rings. The summed E-state index contributed by atoms with van der Waals surface area (Å²) in [4.78, 5) is 10.9. The number of carboxylic acids is 1. The largest absolute Gasteiger partial charge is 0.481 e. The number of hydrogen-bond donors (Lipinski definition) is 1. The molecule has 82 valence electrons. The van der Waals surface area contributed by atoms with Crippen LogP contribution in [0.4, 0.5) is 0 Å². The molecule has 3 heteroatoms. The quantitative estimate of drug-likeness (QED) is 0.760. The van der Waals surface area contributed by atoms with E-state index in [9.17, 15) is 4.79 Å². The third-order valence-electron chi connectivity index (χ3n) is 3.51. The lowest BCUT2D eigenvalue weighted by Crippen LogP contribution is -2.28. The van der Waals surface area contributed by atoms with Crippen LogP contribution in [0.15, 0.2) is 0 Å². The molecule has 1 heterocycles. The Morgan fingerprint density at radius 2 is 2.14 bits per heavy atom. The highest BCUT2D eigenvalue weighted by Gasteiger charge is 2.43. The van der Waals surface area contributed by atoms with Crippen molar-refractivity contribution >= 4 is 5.97 Å². The fraction of sp³-hybridized carbons (Fsp3) is 0.909. The van der Waals surface area contributed by atoms with Gasteiger partial charge in [-0.3, -0.25) is 4.79 Å². The first kappa shape index (κ1) is 11.5. The second-order valence-electron chi connectivity index (χ2n) is 4.85. The second-order valence-corrected chi connectivity index (χ2v) is 4.85. The van der Waals surface area contributed by atoms with Crippen LogP contribution in [0, 0.1) is 11.3 Å². The number of carboxylic acid groups (broad SMARTS) is 1. The van der Waals surface area contributed by atoms with Gasteiger partial charge in [-0.05, 0) is 25.2 Å². The van der Waals surface area contributed by atoms with Crippen molar-refractivity contribution in [2.75, 3.05) is 0 Å². The number of aliphatic carboxylic acids is 1. The van der Waals surface area contributed by atoms with Crippen molar-refractivity contribution in [2.45, 2.75) is 52.7 Å². The molecule has 0 spiro atoms. The highest BCUT2D eigenvalue weighted by molar-refractivity contribution is 5.71. The molecule has 3 atom stereocenters. The van der Waals surface area contributed by atoms with Gasteiger partial charge in [-0.1, -0.05) is 20.8 Å². The first-order chi connectivity index (χ1) is 6.38. The number of ether oxygens (including phenoxy) is 1. The maximum Gasteiger partial charge on any atom is 0.309 e. The van der Waals surface area contributed by atoms with Crippen LogP contribution in [0.25, 0.3) is 0 Å². The van der Waals surface area contributed by atoms with Crippen LogP contribution in [0.1, 0.15) is 40.5 Å². The minimum atomic E-state index is -0.730. The van der Waals surface area contributed by atoms with Gasteiger partial charge in [0.05, 0.1) is 18.1 Å². The van der Waals surface area contributed by atoms with E-state index in [4.69, 9.17) is 9.84 Å². The molecule has 0 aliphatic carbocycles. The lowest BCUT2D eigenvalue weighted by atomic mass is 9.81. The van der Waals surface area contributed by atoms with E-state index < -0.39 is 5.97 Å². The van der Waals surface area contributed by atoms with Crippen LogP contribution in [0.3, 0.4) is 0 Å². The van der Waals surface area contributed by atoms with Crippen molar-refractivity contribution in [3.05, 3.63) is 0 Å². The van der Waals surface area contributed by atoms with Crippen LogP contribution in [-0.4, -0.2) is 23.3 Å². The van der Waals surface area contributed by atoms with E-state index in [-0.39, 0.29) is 23.5 Å². The van der Waals surface area contributed by atoms with Gasteiger partial charge in [0.2, 0.25) is 0 Å². The summed E-state index contributed by atoms with van der Waals surface area (Å²) in [6, 6.07) is 0. The summed E-state index contributed by atoms with van der Waals surface area (Å²) in [5.74, 6) is -1.06. The Morgan fingerprint density at radius 1 is 1.57 bits per heavy atom. The van der Waals surface area contributed by atoms with E-state index in [1.807, 2.05) is 6.92 Å². The zero-order chi connectivity index (χ0) is 10.9. The van der Waals surface area contributed by atoms with Gasteiger partial charge >= 0.3 is 5.97 Å². The van der Waals surface area contributed by atoms with E-state index in [1.54, 1.807) is 0 Å². The summed E-state index contributed by atoms with van der Waals surface area (Å²) in [6.07, 6.45) is 1.60. The molecule has 0 aromatic heterocycles. The van der Waals surface area contributed by atoms with E-state index >= 15 is 0 Å². The van der Waals surface area contributed by atoms with Gasteiger partial charge in [0.25, 0.3) is 0 Å². The summed E-state index contributed by atoms with van der Waals surface area (Å²) in [6.45, 7) is 8.23. The minimum absolute atomic E-state index is 0.0818. The maximum absolute atomic E-state index is 10.9. The van der Waals surface area contributed by atoms with Crippen LogP contribution < -0.4 is 0 Å². The van der Waals surface area contributed by atoms with Gasteiger partial charge in [0.15, 0.2) is 0 Å². The highest BCUT2D eigenvalue weighted by atomic mass is 16.5. The van der Waals surface area contributed by atoms with Gasteiger partial charge in [-0.15, -0.1) is 0 Å². The molecule has 0 aromatic rings. The number of carbonyl (C=O) groups is 1. The molecule has 3 unspecified atom stereocenters. The lowest BCUT2D eigenvalue weighted by Gasteiger charge is -2.29. The monoisotopic (exact) mass is 200 g/mol. The molecule has 0 saturated carbocycles. The molecule has 0 amide bonds. The Labute approximate surface area is 85.5 Å². The third kappa shape index (κ3) is 2.08. The molecule has 1 aliphatic heterocycles. The SMILES string of the molecule is CCC(C)(C)C1CC(C(=O)O)C(C)O1. The maximum atomic E-state index is 10.9. The molecule has 1 rings (SSSR count). The molecule has 1 N–H and O–H groups in total. The topological polar surface area (TPSA) is 46.5 Å². The van der Waals surface area contributed by atoms with Crippen LogP contribution in [0.5, 0.6) is 0 Å². The van der Waals surface area contributed by atoms with Crippen molar-refractivity contribution in [3.8, 4) is 0 Å². The first-order valence-corrected chi connectivity index (χ1v) is 5.26. The molecule has 0 aromatic carbocycles. The van der Waals surface area contributed by atoms with Crippen LogP contribution >= 0.6 is 0 Å². The molecular formula is C11H20O3. The fourth-order valence-corrected chi connectivity index (χ4v) is 1.86. The predicted molar refractivity (Wildman–Crippen MR) is 54.1 cm³/mol. The number of hydrogen-bond acceptors (Lipinski definition) is 2. The smallest absolute Gasteiger partial charge is 0.309 e. The zero-order valence-corrected chi connectivity index (χ0v) is 9.41. The van der Waals surface area contributed by atoms with E-state index in [0.717, 1.165) is 6.42 Å². The summed E-state index contributed by atoms with van der Waals surface area (Å²) in [5, 5.41) is 8.96. The Morgan fingerprint density at radius 3 is 2.50 bits per heavy atom. The third-order valence-corrected chi connectivity index (χ3v) is 3.51. The molecule has 14 heavy (non-hydrogen) atoms. The van der Waals surface area contributed by atoms with E-state index in [0.29, 0.717) is 6.42 Å². The van der Waals surface area contributed by atoms with Gasteiger partial charge in [0, 0.05) is 0 Å². The second kappa shape index (κ2) is 3.89. The van der Waals surface area contributed by atoms with Gasteiger partial charge in [-0.2, -0.15) is 0 Å². The molecule has 1 saturated heterocycles. The fourth-order valence-electron chi connectivity index (χ4n) is 1.86. The van der Waals surface area contributed by atoms with Gasteiger partial charge in [-0.25, -0.2) is 0 Å². The van der Waals surface area contributed by atoms with E-state index in [2.05, 4.69) is 20.8 Å². The van der Waals surface area contributed by atoms with Crippen molar-refractivity contribution in [3.63, 3.8) is 0 Å². The molecule has 0 bridgehead atoms.